The van der Waals surface area contributed by atoms with Gasteiger partial charge in [-0.05, 0) is 48.5 Å². The molecular weight excluding hydrogens is 347 g/mol. The van der Waals surface area contributed by atoms with Crippen LogP contribution in [0.25, 0.3) is 17.1 Å². The Balaban J connectivity index is 1.57. The van der Waals surface area contributed by atoms with Crippen LogP contribution < -0.4 is 4.18 Å². The molecule has 0 atom stereocenters. The summed E-state index contributed by atoms with van der Waals surface area (Å²) in [5, 5.41) is 0. The lowest BCUT2D eigenvalue weighted by Crippen LogP contribution is -2.09. The first kappa shape index (κ1) is 15.4. The number of hydrogen-bond acceptors (Lipinski definition) is 5. The lowest BCUT2D eigenvalue weighted by molar-refractivity contribution is 0.486. The van der Waals surface area contributed by atoms with E-state index < -0.39 is 15.9 Å². The summed E-state index contributed by atoms with van der Waals surface area (Å²) in [7, 11) is -4.02. The predicted molar refractivity (Wildman–Crippen MR) is 87.1 cm³/mol. The number of nitrogens with zero attached hydrogens (tertiary/aromatic N) is 2. The first-order valence-corrected chi connectivity index (χ1v) is 8.65. The van der Waals surface area contributed by atoms with Gasteiger partial charge in [-0.25, -0.2) is 4.39 Å². The minimum Gasteiger partial charge on any atom is -0.432 e. The molecule has 0 saturated carbocycles. The lowest BCUT2D eigenvalue weighted by atomic mass is 10.2. The van der Waals surface area contributed by atoms with E-state index in [2.05, 4.69) is 4.98 Å². The number of hydrogen-bond donors (Lipinski definition) is 0. The Labute approximate surface area is 142 Å². The maximum Gasteiger partial charge on any atom is 0.339 e. The van der Waals surface area contributed by atoms with Gasteiger partial charge in [0.1, 0.15) is 22.7 Å². The van der Waals surface area contributed by atoms with Gasteiger partial charge in [0.25, 0.3) is 0 Å². The highest BCUT2D eigenvalue weighted by Gasteiger charge is 2.17. The summed E-state index contributed by atoms with van der Waals surface area (Å²) in [6.07, 6.45) is 5.06. The first-order valence-electron chi connectivity index (χ1n) is 7.24. The molecule has 0 aliphatic carbocycles. The van der Waals surface area contributed by atoms with Crippen molar-refractivity contribution in [2.45, 2.75) is 4.90 Å². The molecule has 25 heavy (non-hydrogen) atoms. The van der Waals surface area contributed by atoms with Crippen LogP contribution in [0.5, 0.6) is 5.75 Å². The van der Waals surface area contributed by atoms with E-state index in [-0.39, 0.29) is 10.6 Å². The van der Waals surface area contributed by atoms with Crippen molar-refractivity contribution in [3.63, 3.8) is 0 Å². The summed E-state index contributed by atoms with van der Waals surface area (Å²) in [5.41, 5.74) is 1.47. The zero-order chi connectivity index (χ0) is 17.4. The molecule has 0 saturated heterocycles. The van der Waals surface area contributed by atoms with Gasteiger partial charge in [-0.3, -0.25) is 4.40 Å². The van der Waals surface area contributed by atoms with Gasteiger partial charge >= 0.3 is 16.0 Å². The SMILES string of the molecule is O=S(=O)(Oc1ccc(-c2cn3ccoc3n2)cc1)c1ccc(F)cc1. The number of fused-ring (bicyclic) bond motifs is 1. The first-order chi connectivity index (χ1) is 12.0. The Bertz CT molecular complexity index is 1100. The molecule has 6 nitrogen and oxygen atoms in total. The number of aromatic nitrogens is 2. The van der Waals surface area contributed by atoms with E-state index in [1.807, 2.05) is 0 Å². The van der Waals surface area contributed by atoms with Crippen molar-refractivity contribution in [3.05, 3.63) is 73.0 Å². The molecule has 0 unspecified atom stereocenters. The lowest BCUT2D eigenvalue weighted by Gasteiger charge is -2.07. The number of rotatable bonds is 4. The van der Waals surface area contributed by atoms with Crippen molar-refractivity contribution < 1.29 is 21.4 Å². The summed E-state index contributed by atoms with van der Waals surface area (Å²) < 4.78 is 49.3. The Morgan fingerprint density at radius 1 is 1.04 bits per heavy atom. The molecular formula is C17H11FN2O4S. The van der Waals surface area contributed by atoms with Gasteiger partial charge in [0, 0.05) is 18.0 Å². The standard InChI is InChI=1S/C17H11FN2O4S/c18-13-3-7-15(8-4-13)25(21,22)24-14-5-1-12(2-6-14)16-11-20-9-10-23-17(20)19-16/h1-11H. The summed E-state index contributed by atoms with van der Waals surface area (Å²) >= 11 is 0. The Morgan fingerprint density at radius 2 is 1.76 bits per heavy atom. The number of imidazole rings is 1. The fourth-order valence-electron chi connectivity index (χ4n) is 2.32. The van der Waals surface area contributed by atoms with E-state index in [0.717, 1.165) is 29.8 Å². The number of oxazole rings is 1. The predicted octanol–water partition coefficient (Wildman–Crippen LogP) is 3.50. The molecule has 2 heterocycles. The maximum atomic E-state index is 12.9. The Kier molecular flexibility index (Phi) is 3.54. The normalized spacial score (nSPS) is 11.7. The topological polar surface area (TPSA) is 73.8 Å². The van der Waals surface area contributed by atoms with Crippen LogP contribution >= 0.6 is 0 Å². The fraction of sp³-hybridized carbons (Fsp3) is 0. The Hall–Kier alpha value is -3.13. The molecule has 0 aliphatic heterocycles. The summed E-state index contributed by atoms with van der Waals surface area (Å²) in [6, 6.07) is 10.9. The molecule has 0 N–H and O–H groups in total. The highest BCUT2D eigenvalue weighted by molar-refractivity contribution is 7.87. The van der Waals surface area contributed by atoms with Gasteiger partial charge in [-0.15, -0.1) is 0 Å². The van der Waals surface area contributed by atoms with Gasteiger partial charge in [0.05, 0.1) is 5.69 Å². The fourth-order valence-corrected chi connectivity index (χ4v) is 3.25. The molecule has 2 aromatic carbocycles. The van der Waals surface area contributed by atoms with Crippen LogP contribution in [0.4, 0.5) is 4.39 Å². The van der Waals surface area contributed by atoms with Crippen molar-refractivity contribution in [3.8, 4) is 17.0 Å². The summed E-state index contributed by atoms with van der Waals surface area (Å²) in [6.45, 7) is 0. The zero-order valence-corrected chi connectivity index (χ0v) is 13.5. The molecule has 0 spiro atoms. The van der Waals surface area contributed by atoms with Crippen LogP contribution in [0.2, 0.25) is 0 Å². The summed E-state index contributed by atoms with van der Waals surface area (Å²) in [4.78, 5) is 4.19. The average Bonchev–Trinajstić information content (AvgIpc) is 3.17. The van der Waals surface area contributed by atoms with Crippen LogP contribution in [0.1, 0.15) is 0 Å². The molecule has 8 heteroatoms. The van der Waals surface area contributed by atoms with Gasteiger partial charge in [0.15, 0.2) is 0 Å². The van der Waals surface area contributed by atoms with E-state index in [0.29, 0.717) is 11.5 Å². The van der Waals surface area contributed by atoms with Crippen LogP contribution in [0.15, 0.2) is 76.5 Å². The highest BCUT2D eigenvalue weighted by Crippen LogP contribution is 2.24. The van der Waals surface area contributed by atoms with Crippen molar-refractivity contribution in [1.82, 2.24) is 9.38 Å². The third kappa shape index (κ3) is 2.99. The van der Waals surface area contributed by atoms with E-state index in [1.54, 1.807) is 28.9 Å². The molecule has 0 aliphatic rings. The molecule has 4 rings (SSSR count). The number of benzene rings is 2. The van der Waals surface area contributed by atoms with E-state index in [9.17, 15) is 12.8 Å². The average molecular weight is 358 g/mol. The Morgan fingerprint density at radius 3 is 2.44 bits per heavy atom. The van der Waals surface area contributed by atoms with Crippen molar-refractivity contribution in [2.75, 3.05) is 0 Å². The van der Waals surface area contributed by atoms with Crippen molar-refractivity contribution in [1.29, 1.82) is 0 Å². The smallest absolute Gasteiger partial charge is 0.339 e. The zero-order valence-electron chi connectivity index (χ0n) is 12.7. The largest absolute Gasteiger partial charge is 0.432 e. The molecule has 126 valence electrons. The highest BCUT2D eigenvalue weighted by atomic mass is 32.2. The molecule has 0 amide bonds. The van der Waals surface area contributed by atoms with Crippen molar-refractivity contribution >= 4 is 16.0 Å². The van der Waals surface area contributed by atoms with Crippen LogP contribution in [0.3, 0.4) is 0 Å². The monoisotopic (exact) mass is 358 g/mol. The van der Waals surface area contributed by atoms with Crippen LogP contribution in [0, 0.1) is 5.82 Å². The van der Waals surface area contributed by atoms with Gasteiger partial charge < -0.3 is 8.60 Å². The maximum absolute atomic E-state index is 12.9. The molecule has 2 aromatic heterocycles. The van der Waals surface area contributed by atoms with E-state index >= 15 is 0 Å². The van der Waals surface area contributed by atoms with Gasteiger partial charge in [-0.2, -0.15) is 13.4 Å². The third-order valence-corrected chi connectivity index (χ3v) is 4.81. The van der Waals surface area contributed by atoms with Gasteiger partial charge in [0.2, 0.25) is 0 Å². The van der Waals surface area contributed by atoms with E-state index in [1.165, 1.54) is 18.4 Å². The minimum atomic E-state index is -4.02. The second-order valence-corrected chi connectivity index (χ2v) is 6.78. The van der Waals surface area contributed by atoms with Crippen molar-refractivity contribution in [2.24, 2.45) is 0 Å². The molecule has 0 bridgehead atoms. The van der Waals surface area contributed by atoms with Crippen LogP contribution in [-0.2, 0) is 10.1 Å². The van der Waals surface area contributed by atoms with E-state index in [4.69, 9.17) is 8.60 Å². The minimum absolute atomic E-state index is 0.118. The second-order valence-electron chi connectivity index (χ2n) is 5.23. The number of halogens is 1. The molecule has 0 radical (unpaired) electrons. The second kappa shape index (κ2) is 5.75. The van der Waals surface area contributed by atoms with Crippen LogP contribution in [-0.4, -0.2) is 17.8 Å². The summed E-state index contributed by atoms with van der Waals surface area (Å²) in [5.74, 6) is 0.0966. The molecule has 0 fully saturated rings. The quantitative estimate of drug-likeness (QED) is 0.522. The third-order valence-electron chi connectivity index (χ3n) is 3.55. The van der Waals surface area contributed by atoms with Gasteiger partial charge in [-0.1, -0.05) is 0 Å². The molecule has 4 aromatic rings.